The Balaban J connectivity index is 1.64. The minimum atomic E-state index is -3.49. The third kappa shape index (κ3) is 4.96. The van der Waals surface area contributed by atoms with Crippen LogP contribution in [0.5, 0.6) is 11.5 Å². The fourth-order valence-corrected chi connectivity index (χ4v) is 4.40. The first kappa shape index (κ1) is 20.9. The SMILES string of the molecule is CCN(CC)S(=O)(=O)c1ccc(/C=C/C(=O)Nc2ccc3c(c2)OCCO3)cc1. The average Bonchev–Trinajstić information content (AvgIpc) is 2.73. The molecule has 1 N–H and O–H groups in total. The fourth-order valence-electron chi connectivity index (χ4n) is 2.94. The number of benzene rings is 2. The Hall–Kier alpha value is -2.84. The number of carbonyl (C=O) groups excluding carboxylic acids is 1. The number of anilines is 1. The molecule has 7 nitrogen and oxygen atoms in total. The summed E-state index contributed by atoms with van der Waals surface area (Å²) in [5, 5.41) is 2.76. The van der Waals surface area contributed by atoms with E-state index in [1.165, 1.54) is 10.4 Å². The first-order valence-electron chi connectivity index (χ1n) is 9.43. The van der Waals surface area contributed by atoms with Crippen LogP contribution in [0.1, 0.15) is 19.4 Å². The third-order valence-corrected chi connectivity index (χ3v) is 6.52. The van der Waals surface area contributed by atoms with Crippen molar-refractivity contribution in [3.63, 3.8) is 0 Å². The molecule has 2 aromatic carbocycles. The smallest absolute Gasteiger partial charge is 0.248 e. The lowest BCUT2D eigenvalue weighted by Crippen LogP contribution is -2.30. The number of fused-ring (bicyclic) bond motifs is 1. The van der Waals surface area contributed by atoms with Crippen LogP contribution in [-0.2, 0) is 14.8 Å². The maximum atomic E-state index is 12.5. The summed E-state index contributed by atoms with van der Waals surface area (Å²) in [5.41, 5.74) is 1.32. The van der Waals surface area contributed by atoms with Crippen LogP contribution in [0.2, 0.25) is 0 Å². The predicted molar refractivity (Wildman–Crippen MR) is 112 cm³/mol. The van der Waals surface area contributed by atoms with Crippen LogP contribution in [0.3, 0.4) is 0 Å². The molecular formula is C21H24N2O5S. The molecule has 1 aliphatic heterocycles. The van der Waals surface area contributed by atoms with Crippen molar-refractivity contribution in [3.05, 3.63) is 54.1 Å². The Labute approximate surface area is 171 Å². The molecule has 29 heavy (non-hydrogen) atoms. The molecule has 0 saturated carbocycles. The molecule has 8 heteroatoms. The van der Waals surface area contributed by atoms with Gasteiger partial charge in [-0.1, -0.05) is 26.0 Å². The number of sulfonamides is 1. The molecule has 0 radical (unpaired) electrons. The summed E-state index contributed by atoms with van der Waals surface area (Å²) in [5.74, 6) is 0.953. The minimum absolute atomic E-state index is 0.235. The quantitative estimate of drug-likeness (QED) is 0.701. The van der Waals surface area contributed by atoms with Crippen LogP contribution < -0.4 is 14.8 Å². The van der Waals surface area contributed by atoms with Crippen LogP contribution in [0, 0.1) is 0 Å². The van der Waals surface area contributed by atoms with E-state index in [0.717, 1.165) is 5.56 Å². The van der Waals surface area contributed by atoms with Crippen molar-refractivity contribution in [3.8, 4) is 11.5 Å². The van der Waals surface area contributed by atoms with E-state index >= 15 is 0 Å². The number of nitrogens with one attached hydrogen (secondary N) is 1. The molecule has 0 saturated heterocycles. The lowest BCUT2D eigenvalue weighted by atomic mass is 10.2. The van der Waals surface area contributed by atoms with Crippen LogP contribution in [0.4, 0.5) is 5.69 Å². The largest absolute Gasteiger partial charge is 0.486 e. The second-order valence-electron chi connectivity index (χ2n) is 6.34. The van der Waals surface area contributed by atoms with E-state index in [1.807, 2.05) is 0 Å². The molecular weight excluding hydrogens is 392 g/mol. The van der Waals surface area contributed by atoms with Crippen molar-refractivity contribution in [1.29, 1.82) is 0 Å². The van der Waals surface area contributed by atoms with Crippen molar-refractivity contribution in [2.45, 2.75) is 18.7 Å². The van der Waals surface area contributed by atoms with Gasteiger partial charge in [0, 0.05) is 30.9 Å². The van der Waals surface area contributed by atoms with E-state index in [9.17, 15) is 13.2 Å². The summed E-state index contributed by atoms with van der Waals surface area (Å²) in [6.45, 7) is 5.43. The molecule has 3 rings (SSSR count). The Bertz CT molecular complexity index is 996. The Kier molecular flexibility index (Phi) is 6.56. The molecule has 0 unspecified atom stereocenters. The summed E-state index contributed by atoms with van der Waals surface area (Å²) in [4.78, 5) is 12.4. The van der Waals surface area contributed by atoms with Crippen molar-refractivity contribution in [1.82, 2.24) is 4.31 Å². The molecule has 0 spiro atoms. The topological polar surface area (TPSA) is 84.9 Å². The number of ether oxygens (including phenoxy) is 2. The van der Waals surface area contributed by atoms with Gasteiger partial charge in [0.2, 0.25) is 15.9 Å². The molecule has 0 aliphatic carbocycles. The lowest BCUT2D eigenvalue weighted by Gasteiger charge is -2.18. The highest BCUT2D eigenvalue weighted by Gasteiger charge is 2.21. The number of rotatable bonds is 7. The highest BCUT2D eigenvalue weighted by atomic mass is 32.2. The monoisotopic (exact) mass is 416 g/mol. The normalized spacial score (nSPS) is 13.6. The van der Waals surface area contributed by atoms with Gasteiger partial charge < -0.3 is 14.8 Å². The molecule has 1 heterocycles. The van der Waals surface area contributed by atoms with Crippen LogP contribution in [0.25, 0.3) is 6.08 Å². The fraction of sp³-hybridized carbons (Fsp3) is 0.286. The maximum absolute atomic E-state index is 12.5. The van der Waals surface area contributed by atoms with E-state index in [1.54, 1.807) is 62.4 Å². The van der Waals surface area contributed by atoms with Crippen LogP contribution in [-0.4, -0.2) is 44.9 Å². The zero-order valence-corrected chi connectivity index (χ0v) is 17.2. The molecule has 0 atom stereocenters. The maximum Gasteiger partial charge on any atom is 0.248 e. The average molecular weight is 416 g/mol. The van der Waals surface area contributed by atoms with Crippen LogP contribution in [0.15, 0.2) is 53.4 Å². The van der Waals surface area contributed by atoms with E-state index in [2.05, 4.69) is 5.32 Å². The third-order valence-electron chi connectivity index (χ3n) is 4.46. The minimum Gasteiger partial charge on any atom is -0.486 e. The molecule has 2 aromatic rings. The van der Waals surface area contributed by atoms with Gasteiger partial charge in [-0.3, -0.25) is 4.79 Å². The van der Waals surface area contributed by atoms with Gasteiger partial charge in [0.15, 0.2) is 11.5 Å². The van der Waals surface area contributed by atoms with E-state index in [4.69, 9.17) is 9.47 Å². The van der Waals surface area contributed by atoms with Gasteiger partial charge >= 0.3 is 0 Å². The second kappa shape index (κ2) is 9.11. The van der Waals surface area contributed by atoms with Crippen LogP contribution >= 0.6 is 0 Å². The first-order valence-corrected chi connectivity index (χ1v) is 10.9. The Morgan fingerprint density at radius 1 is 1.03 bits per heavy atom. The Morgan fingerprint density at radius 2 is 1.69 bits per heavy atom. The Morgan fingerprint density at radius 3 is 2.34 bits per heavy atom. The molecule has 1 aliphatic rings. The number of nitrogens with zero attached hydrogens (tertiary/aromatic N) is 1. The van der Waals surface area contributed by atoms with Gasteiger partial charge in [-0.2, -0.15) is 4.31 Å². The number of hydrogen-bond acceptors (Lipinski definition) is 5. The summed E-state index contributed by atoms with van der Waals surface area (Å²) in [6, 6.07) is 11.6. The van der Waals surface area contributed by atoms with Crippen molar-refractivity contribution in [2.75, 3.05) is 31.6 Å². The highest BCUT2D eigenvalue weighted by Crippen LogP contribution is 2.32. The van der Waals surface area contributed by atoms with Gasteiger partial charge in [-0.25, -0.2) is 8.42 Å². The van der Waals surface area contributed by atoms with Crippen molar-refractivity contribution < 1.29 is 22.7 Å². The summed E-state index contributed by atoms with van der Waals surface area (Å²) < 4.78 is 37.4. The standard InChI is InChI=1S/C21H24N2O5S/c1-3-23(4-2)29(25,26)18-9-5-16(6-10-18)7-12-21(24)22-17-8-11-19-20(15-17)28-14-13-27-19/h5-12,15H,3-4,13-14H2,1-2H3,(H,22,24)/b12-7+. The van der Waals surface area contributed by atoms with E-state index in [0.29, 0.717) is 43.5 Å². The molecule has 154 valence electrons. The van der Waals surface area contributed by atoms with Crippen molar-refractivity contribution >= 4 is 27.7 Å². The molecule has 0 fully saturated rings. The summed E-state index contributed by atoms with van der Waals surface area (Å²) in [7, 11) is -3.49. The second-order valence-corrected chi connectivity index (χ2v) is 8.28. The number of carbonyl (C=O) groups is 1. The van der Waals surface area contributed by atoms with Gasteiger partial charge in [0.25, 0.3) is 0 Å². The first-order chi connectivity index (χ1) is 13.9. The summed E-state index contributed by atoms with van der Waals surface area (Å²) >= 11 is 0. The van der Waals surface area contributed by atoms with Gasteiger partial charge in [-0.05, 0) is 35.9 Å². The highest BCUT2D eigenvalue weighted by molar-refractivity contribution is 7.89. The zero-order valence-electron chi connectivity index (χ0n) is 16.4. The molecule has 0 aromatic heterocycles. The number of amides is 1. The number of hydrogen-bond donors (Lipinski definition) is 1. The predicted octanol–water partition coefficient (Wildman–Crippen LogP) is 3.14. The zero-order chi connectivity index (χ0) is 20.9. The molecule has 1 amide bonds. The van der Waals surface area contributed by atoms with Gasteiger partial charge in [-0.15, -0.1) is 0 Å². The van der Waals surface area contributed by atoms with E-state index in [-0.39, 0.29) is 10.8 Å². The van der Waals surface area contributed by atoms with E-state index < -0.39 is 10.0 Å². The van der Waals surface area contributed by atoms with Gasteiger partial charge in [0.1, 0.15) is 13.2 Å². The summed E-state index contributed by atoms with van der Waals surface area (Å²) in [6.07, 6.45) is 3.02. The molecule has 0 bridgehead atoms. The van der Waals surface area contributed by atoms with Crippen molar-refractivity contribution in [2.24, 2.45) is 0 Å². The lowest BCUT2D eigenvalue weighted by molar-refractivity contribution is -0.111. The van der Waals surface area contributed by atoms with Gasteiger partial charge in [0.05, 0.1) is 4.90 Å².